The van der Waals surface area contributed by atoms with E-state index in [2.05, 4.69) is 33.1 Å². The molecule has 1 aromatic carbocycles. The molecule has 1 N–H and O–H groups in total. The van der Waals surface area contributed by atoms with Crippen LogP contribution in [0.3, 0.4) is 0 Å². The van der Waals surface area contributed by atoms with Crippen molar-refractivity contribution in [2.45, 2.75) is 32.2 Å². The summed E-state index contributed by atoms with van der Waals surface area (Å²) in [6.07, 6.45) is 3.96. The van der Waals surface area contributed by atoms with E-state index < -0.39 is 0 Å². The molecule has 1 fully saturated rings. The number of aryl methyl sites for hydroxylation is 1. The van der Waals surface area contributed by atoms with E-state index in [1.54, 1.807) is 11.3 Å². The van der Waals surface area contributed by atoms with Gasteiger partial charge in [-0.2, -0.15) is 5.10 Å². The number of aromatic nitrogens is 3. The molecule has 1 aliphatic heterocycles. The van der Waals surface area contributed by atoms with Crippen LogP contribution in [0.1, 0.15) is 33.6 Å². The van der Waals surface area contributed by atoms with Crippen molar-refractivity contribution >= 4 is 22.9 Å². The fourth-order valence-corrected chi connectivity index (χ4v) is 4.49. The average Bonchev–Trinajstić information content (AvgIpc) is 3.37. The number of rotatable bonds is 7. The van der Waals surface area contributed by atoms with E-state index in [0.29, 0.717) is 17.5 Å². The molecular formula is C20H23ClN4OS. The van der Waals surface area contributed by atoms with Crippen LogP contribution in [0.4, 0.5) is 0 Å². The van der Waals surface area contributed by atoms with Gasteiger partial charge in [0.1, 0.15) is 5.75 Å². The number of benzene rings is 1. The third kappa shape index (κ3) is 4.89. The van der Waals surface area contributed by atoms with Crippen LogP contribution in [0.15, 0.2) is 36.5 Å². The molecule has 1 unspecified atom stereocenters. The van der Waals surface area contributed by atoms with Gasteiger partial charge in [-0.25, -0.2) is 4.98 Å². The van der Waals surface area contributed by atoms with E-state index in [0.717, 1.165) is 54.6 Å². The summed E-state index contributed by atoms with van der Waals surface area (Å²) in [6, 6.07) is 9.67. The molecule has 1 atom stereocenters. The molecule has 0 spiro atoms. The predicted molar refractivity (Wildman–Crippen MR) is 109 cm³/mol. The lowest BCUT2D eigenvalue weighted by atomic mass is 10.0. The smallest absolute Gasteiger partial charge is 0.120 e. The Morgan fingerprint density at radius 1 is 1.37 bits per heavy atom. The molecule has 1 saturated heterocycles. The molecule has 3 heterocycles. The summed E-state index contributed by atoms with van der Waals surface area (Å²) < 4.78 is 5.77. The number of hydrogen-bond acceptors (Lipinski definition) is 5. The lowest BCUT2D eigenvalue weighted by molar-refractivity contribution is 0.320. The number of ether oxygens (including phenoxy) is 1. The second-order valence-corrected chi connectivity index (χ2v) is 8.70. The second-order valence-electron chi connectivity index (χ2n) is 6.94. The van der Waals surface area contributed by atoms with E-state index >= 15 is 0 Å². The molecule has 5 nitrogen and oxygen atoms in total. The normalized spacial score (nSPS) is 17.5. The quantitative estimate of drug-likeness (QED) is 0.634. The Hall–Kier alpha value is -1.89. The first-order valence-corrected chi connectivity index (χ1v) is 10.4. The standard InChI is InChI=1S/C20H23ClN4OS/c1-14-22-11-19(27-14)13-25-7-5-15(12-25)20-10-17(23-24-20)6-8-26-18-4-2-3-16(21)9-18/h2-4,9-11,15H,5-8,12-13H2,1H3,(H,23,24). The third-order valence-electron chi connectivity index (χ3n) is 4.83. The summed E-state index contributed by atoms with van der Waals surface area (Å²) in [7, 11) is 0. The van der Waals surface area contributed by atoms with Gasteiger partial charge in [-0.3, -0.25) is 10.00 Å². The Kier molecular flexibility index (Phi) is 5.76. The fraction of sp³-hybridized carbons (Fsp3) is 0.400. The third-order valence-corrected chi connectivity index (χ3v) is 5.96. The lowest BCUT2D eigenvalue weighted by Gasteiger charge is -2.13. The molecule has 1 aliphatic rings. The van der Waals surface area contributed by atoms with Gasteiger partial charge in [-0.15, -0.1) is 11.3 Å². The number of likely N-dealkylation sites (tertiary alicyclic amines) is 1. The van der Waals surface area contributed by atoms with Gasteiger partial charge >= 0.3 is 0 Å². The summed E-state index contributed by atoms with van der Waals surface area (Å²) in [5.41, 5.74) is 2.28. The summed E-state index contributed by atoms with van der Waals surface area (Å²) in [5.74, 6) is 1.30. The highest BCUT2D eigenvalue weighted by Crippen LogP contribution is 2.28. The number of nitrogens with zero attached hydrogens (tertiary/aromatic N) is 3. The molecule has 0 aliphatic carbocycles. The number of hydrogen-bond donors (Lipinski definition) is 1. The molecule has 0 bridgehead atoms. The van der Waals surface area contributed by atoms with E-state index in [1.807, 2.05) is 30.5 Å². The van der Waals surface area contributed by atoms with E-state index in [9.17, 15) is 0 Å². The predicted octanol–water partition coefficient (Wildman–Crippen LogP) is 4.44. The van der Waals surface area contributed by atoms with E-state index in [1.165, 1.54) is 4.88 Å². The fourth-order valence-electron chi connectivity index (χ4n) is 3.47. The van der Waals surface area contributed by atoms with E-state index in [-0.39, 0.29) is 0 Å². The maximum absolute atomic E-state index is 5.98. The topological polar surface area (TPSA) is 54.0 Å². The van der Waals surface area contributed by atoms with Gasteiger partial charge in [0.25, 0.3) is 0 Å². The van der Waals surface area contributed by atoms with E-state index in [4.69, 9.17) is 16.3 Å². The maximum atomic E-state index is 5.98. The second kappa shape index (κ2) is 8.42. The first-order valence-electron chi connectivity index (χ1n) is 9.22. The summed E-state index contributed by atoms with van der Waals surface area (Å²) in [4.78, 5) is 8.19. The van der Waals surface area contributed by atoms with Crippen LogP contribution in [0.5, 0.6) is 5.75 Å². The Balaban J connectivity index is 1.26. The van der Waals surface area contributed by atoms with Gasteiger partial charge in [0.15, 0.2) is 0 Å². The summed E-state index contributed by atoms with van der Waals surface area (Å²) in [6.45, 7) is 5.82. The number of halogens is 1. The zero-order chi connectivity index (χ0) is 18.6. The number of thiazole rings is 1. The SMILES string of the molecule is Cc1ncc(CN2CCC(c3cc(CCOc4cccc(Cl)c4)[nH]n3)C2)s1. The minimum Gasteiger partial charge on any atom is -0.493 e. The molecule has 0 amide bonds. The van der Waals surface area contributed by atoms with Gasteiger partial charge in [0.2, 0.25) is 0 Å². The highest BCUT2D eigenvalue weighted by atomic mass is 35.5. The lowest BCUT2D eigenvalue weighted by Crippen LogP contribution is -2.19. The molecule has 0 saturated carbocycles. The largest absolute Gasteiger partial charge is 0.493 e. The van der Waals surface area contributed by atoms with Crippen molar-refractivity contribution < 1.29 is 4.74 Å². The average molecular weight is 403 g/mol. The zero-order valence-electron chi connectivity index (χ0n) is 15.3. The number of H-pyrrole nitrogens is 1. The first-order chi connectivity index (χ1) is 13.2. The highest BCUT2D eigenvalue weighted by Gasteiger charge is 2.26. The molecule has 4 rings (SSSR count). The van der Waals surface area contributed by atoms with Crippen molar-refractivity contribution in [1.29, 1.82) is 0 Å². The van der Waals surface area contributed by atoms with Crippen molar-refractivity contribution in [3.63, 3.8) is 0 Å². The maximum Gasteiger partial charge on any atom is 0.120 e. The van der Waals surface area contributed by atoms with Crippen molar-refractivity contribution in [3.8, 4) is 5.75 Å². The Bertz CT molecular complexity index is 894. The molecule has 7 heteroatoms. The highest BCUT2D eigenvalue weighted by molar-refractivity contribution is 7.11. The van der Waals surface area contributed by atoms with Crippen LogP contribution in [0.25, 0.3) is 0 Å². The van der Waals surface area contributed by atoms with Crippen LogP contribution in [-0.4, -0.2) is 39.8 Å². The van der Waals surface area contributed by atoms with Crippen molar-refractivity contribution in [3.05, 3.63) is 62.8 Å². The zero-order valence-corrected chi connectivity index (χ0v) is 16.9. The Labute approximate surface area is 168 Å². The van der Waals surface area contributed by atoms with Gasteiger partial charge in [-0.1, -0.05) is 17.7 Å². The van der Waals surface area contributed by atoms with Crippen LogP contribution in [-0.2, 0) is 13.0 Å². The summed E-state index contributed by atoms with van der Waals surface area (Å²) >= 11 is 7.76. The van der Waals surface area contributed by atoms with Crippen LogP contribution in [0.2, 0.25) is 5.02 Å². The van der Waals surface area contributed by atoms with Gasteiger partial charge in [-0.05, 0) is 44.2 Å². The molecule has 142 valence electrons. The Morgan fingerprint density at radius 2 is 2.30 bits per heavy atom. The van der Waals surface area contributed by atoms with Crippen LogP contribution < -0.4 is 4.74 Å². The number of aromatic amines is 1. The minimum atomic E-state index is 0.498. The van der Waals surface area contributed by atoms with Crippen LogP contribution in [0, 0.1) is 6.92 Å². The molecule has 2 aromatic heterocycles. The monoisotopic (exact) mass is 402 g/mol. The van der Waals surface area contributed by atoms with Gasteiger partial charge in [0, 0.05) is 47.2 Å². The van der Waals surface area contributed by atoms with Crippen molar-refractivity contribution in [2.75, 3.05) is 19.7 Å². The van der Waals surface area contributed by atoms with Crippen molar-refractivity contribution in [1.82, 2.24) is 20.1 Å². The molecule has 3 aromatic rings. The molecular weight excluding hydrogens is 380 g/mol. The minimum absolute atomic E-state index is 0.498. The van der Waals surface area contributed by atoms with Crippen LogP contribution >= 0.6 is 22.9 Å². The van der Waals surface area contributed by atoms with Gasteiger partial charge in [0.05, 0.1) is 17.3 Å². The Morgan fingerprint density at radius 3 is 3.11 bits per heavy atom. The van der Waals surface area contributed by atoms with Crippen molar-refractivity contribution in [2.24, 2.45) is 0 Å². The molecule has 27 heavy (non-hydrogen) atoms. The first kappa shape index (κ1) is 18.5. The number of nitrogens with one attached hydrogen (secondary N) is 1. The van der Waals surface area contributed by atoms with Gasteiger partial charge < -0.3 is 4.74 Å². The summed E-state index contributed by atoms with van der Waals surface area (Å²) in [5, 5.41) is 9.54. The molecule has 0 radical (unpaired) electrons.